The fourth-order valence-corrected chi connectivity index (χ4v) is 2.54. The van der Waals surface area contributed by atoms with E-state index in [1.807, 2.05) is 0 Å². The fraction of sp³-hybridized carbons (Fsp3) is 0.571. The maximum absolute atomic E-state index is 11.3. The lowest BCUT2D eigenvalue weighted by molar-refractivity contribution is 0.169. The molecule has 0 saturated heterocycles. The van der Waals surface area contributed by atoms with E-state index in [2.05, 4.69) is 19.2 Å². The summed E-state index contributed by atoms with van der Waals surface area (Å²) in [4.78, 5) is 0.274. The molecule has 19 heavy (non-hydrogen) atoms. The maximum atomic E-state index is 11.3. The van der Waals surface area contributed by atoms with Gasteiger partial charge in [-0.25, -0.2) is 8.42 Å². The quantitative estimate of drug-likeness (QED) is 0.803. The Labute approximate surface area is 115 Å². The van der Waals surface area contributed by atoms with Crippen molar-refractivity contribution in [3.63, 3.8) is 0 Å². The second-order valence-corrected chi connectivity index (χ2v) is 6.79. The number of hydrogen-bond acceptors (Lipinski definition) is 4. The summed E-state index contributed by atoms with van der Waals surface area (Å²) in [5.41, 5.74) is 0.728. The highest BCUT2D eigenvalue weighted by molar-refractivity contribution is 7.90. The summed E-state index contributed by atoms with van der Waals surface area (Å²) in [6.45, 7) is 4.69. The van der Waals surface area contributed by atoms with Gasteiger partial charge in [-0.1, -0.05) is 26.0 Å². The molecule has 0 bridgehead atoms. The van der Waals surface area contributed by atoms with Crippen LogP contribution in [-0.4, -0.2) is 32.4 Å². The smallest absolute Gasteiger partial charge is 0.175 e. The zero-order chi connectivity index (χ0) is 14.5. The van der Waals surface area contributed by atoms with Gasteiger partial charge in [0.15, 0.2) is 9.84 Å². The van der Waals surface area contributed by atoms with Gasteiger partial charge in [0.2, 0.25) is 0 Å². The zero-order valence-corrected chi connectivity index (χ0v) is 12.6. The first-order valence-corrected chi connectivity index (χ1v) is 8.49. The van der Waals surface area contributed by atoms with E-state index in [1.54, 1.807) is 12.1 Å². The summed E-state index contributed by atoms with van der Waals surface area (Å²) in [5.74, 6) is 0. The van der Waals surface area contributed by atoms with Crippen LogP contribution in [0.25, 0.3) is 0 Å². The summed E-state index contributed by atoms with van der Waals surface area (Å²) < 4.78 is 22.7. The minimum atomic E-state index is -3.18. The number of benzene rings is 1. The minimum Gasteiger partial charge on any atom is -0.387 e. The summed E-state index contributed by atoms with van der Waals surface area (Å²) >= 11 is 0. The number of hydrogen-bond donors (Lipinski definition) is 2. The van der Waals surface area contributed by atoms with E-state index < -0.39 is 15.9 Å². The summed E-state index contributed by atoms with van der Waals surface area (Å²) in [6, 6.07) is 6.80. The maximum Gasteiger partial charge on any atom is 0.175 e. The molecule has 0 amide bonds. The third kappa shape index (κ3) is 4.93. The van der Waals surface area contributed by atoms with Crippen molar-refractivity contribution in [1.82, 2.24) is 5.32 Å². The van der Waals surface area contributed by atoms with Crippen LogP contribution in [0.15, 0.2) is 29.2 Å². The predicted molar refractivity (Wildman–Crippen MR) is 76.9 cm³/mol. The van der Waals surface area contributed by atoms with Crippen LogP contribution in [0.3, 0.4) is 0 Å². The number of aliphatic hydroxyl groups excluding tert-OH is 1. The molecule has 2 N–H and O–H groups in total. The van der Waals surface area contributed by atoms with Gasteiger partial charge in [-0.3, -0.25) is 0 Å². The number of aliphatic hydroxyl groups is 1. The fourth-order valence-electron chi connectivity index (χ4n) is 1.91. The molecule has 0 heterocycles. The lowest BCUT2D eigenvalue weighted by Gasteiger charge is -2.18. The highest BCUT2D eigenvalue weighted by Gasteiger charge is 2.12. The molecule has 108 valence electrons. The van der Waals surface area contributed by atoms with Gasteiger partial charge in [0.25, 0.3) is 0 Å². The summed E-state index contributed by atoms with van der Waals surface area (Å²) in [5, 5.41) is 13.3. The van der Waals surface area contributed by atoms with E-state index in [1.165, 1.54) is 18.4 Å². The Morgan fingerprint density at radius 2 is 1.68 bits per heavy atom. The van der Waals surface area contributed by atoms with Crippen molar-refractivity contribution in [1.29, 1.82) is 0 Å². The molecule has 0 aliphatic heterocycles. The molecule has 1 unspecified atom stereocenters. The van der Waals surface area contributed by atoms with E-state index in [4.69, 9.17) is 0 Å². The van der Waals surface area contributed by atoms with E-state index in [0.717, 1.165) is 18.4 Å². The highest BCUT2D eigenvalue weighted by Crippen LogP contribution is 2.16. The van der Waals surface area contributed by atoms with Crippen molar-refractivity contribution < 1.29 is 13.5 Å². The van der Waals surface area contributed by atoms with Gasteiger partial charge in [0.1, 0.15) is 0 Å². The lowest BCUT2D eigenvalue weighted by atomic mass is 10.1. The second kappa shape index (κ2) is 7.03. The highest BCUT2D eigenvalue weighted by atomic mass is 32.2. The van der Waals surface area contributed by atoms with Crippen LogP contribution in [0, 0.1) is 0 Å². The van der Waals surface area contributed by atoms with Crippen molar-refractivity contribution >= 4 is 9.84 Å². The molecule has 0 radical (unpaired) electrons. The Morgan fingerprint density at radius 3 is 2.11 bits per heavy atom. The molecule has 1 aromatic carbocycles. The number of rotatable bonds is 7. The van der Waals surface area contributed by atoms with Crippen LogP contribution in [0.4, 0.5) is 0 Å². The number of sulfone groups is 1. The summed E-state index contributed by atoms with van der Waals surface area (Å²) in [7, 11) is -3.18. The lowest BCUT2D eigenvalue weighted by Crippen LogP contribution is -2.31. The molecule has 0 saturated carbocycles. The average Bonchev–Trinajstić information content (AvgIpc) is 2.39. The van der Waals surface area contributed by atoms with Gasteiger partial charge in [-0.2, -0.15) is 0 Å². The van der Waals surface area contributed by atoms with E-state index >= 15 is 0 Å². The molecule has 4 nitrogen and oxygen atoms in total. The van der Waals surface area contributed by atoms with Crippen molar-refractivity contribution in [3.8, 4) is 0 Å². The first-order valence-electron chi connectivity index (χ1n) is 6.60. The van der Waals surface area contributed by atoms with Gasteiger partial charge >= 0.3 is 0 Å². The molecular formula is C14H23NO3S. The molecule has 1 aromatic rings. The van der Waals surface area contributed by atoms with E-state index in [-0.39, 0.29) is 4.90 Å². The normalized spacial score (nSPS) is 13.7. The van der Waals surface area contributed by atoms with Crippen LogP contribution >= 0.6 is 0 Å². The van der Waals surface area contributed by atoms with Crippen molar-refractivity contribution in [2.75, 3.05) is 12.8 Å². The molecule has 1 rings (SSSR count). The van der Waals surface area contributed by atoms with Gasteiger partial charge in [0.05, 0.1) is 11.0 Å². The third-order valence-electron chi connectivity index (χ3n) is 3.28. The van der Waals surface area contributed by atoms with Crippen molar-refractivity contribution in [3.05, 3.63) is 29.8 Å². The molecular weight excluding hydrogens is 262 g/mol. The Balaban J connectivity index is 2.65. The minimum absolute atomic E-state index is 0.274. The monoisotopic (exact) mass is 285 g/mol. The molecule has 0 aliphatic carbocycles. The van der Waals surface area contributed by atoms with Gasteiger partial charge in [0, 0.05) is 18.8 Å². The summed E-state index contributed by atoms with van der Waals surface area (Å²) in [6.07, 6.45) is 2.61. The largest absolute Gasteiger partial charge is 0.387 e. The Kier molecular flexibility index (Phi) is 5.97. The van der Waals surface area contributed by atoms with Crippen LogP contribution in [0.1, 0.15) is 38.4 Å². The van der Waals surface area contributed by atoms with Crippen LogP contribution in [0.5, 0.6) is 0 Å². The van der Waals surface area contributed by atoms with E-state index in [9.17, 15) is 13.5 Å². The first-order chi connectivity index (χ1) is 8.88. The van der Waals surface area contributed by atoms with Gasteiger partial charge < -0.3 is 10.4 Å². The van der Waals surface area contributed by atoms with Gasteiger partial charge in [-0.05, 0) is 30.5 Å². The standard InChI is InChI=1S/C14H23NO3S/c1-4-12(5-2)15-10-14(16)11-6-8-13(9-7-11)19(3,17)18/h6-9,12,14-16H,4-5,10H2,1-3H3. The Bertz CT molecular complexity index is 478. The van der Waals surface area contributed by atoms with E-state index in [0.29, 0.717) is 12.6 Å². The SMILES string of the molecule is CCC(CC)NCC(O)c1ccc(S(C)(=O)=O)cc1. The van der Waals surface area contributed by atoms with Crippen molar-refractivity contribution in [2.45, 2.75) is 43.7 Å². The average molecular weight is 285 g/mol. The molecule has 0 aromatic heterocycles. The molecule has 5 heteroatoms. The van der Waals surface area contributed by atoms with Gasteiger partial charge in [-0.15, -0.1) is 0 Å². The topological polar surface area (TPSA) is 66.4 Å². The first kappa shape index (κ1) is 16.1. The molecule has 0 aliphatic rings. The molecule has 0 fully saturated rings. The van der Waals surface area contributed by atoms with Crippen LogP contribution in [0.2, 0.25) is 0 Å². The Hall–Kier alpha value is -0.910. The van der Waals surface area contributed by atoms with Crippen molar-refractivity contribution in [2.24, 2.45) is 0 Å². The van der Waals surface area contributed by atoms with Crippen LogP contribution in [-0.2, 0) is 9.84 Å². The molecule has 1 atom stereocenters. The number of nitrogens with one attached hydrogen (secondary N) is 1. The molecule has 0 spiro atoms. The Morgan fingerprint density at radius 1 is 1.16 bits per heavy atom. The second-order valence-electron chi connectivity index (χ2n) is 4.78. The predicted octanol–water partition coefficient (Wildman–Crippen LogP) is 1.90. The third-order valence-corrected chi connectivity index (χ3v) is 4.41. The zero-order valence-electron chi connectivity index (χ0n) is 11.8. The van der Waals surface area contributed by atoms with Crippen LogP contribution < -0.4 is 5.32 Å².